The maximum atomic E-state index is 14.2. The molecule has 0 unspecified atom stereocenters. The highest BCUT2D eigenvalue weighted by molar-refractivity contribution is 5.97. The molecule has 0 saturated heterocycles. The van der Waals surface area contributed by atoms with Crippen LogP contribution >= 0.6 is 0 Å². The highest BCUT2D eigenvalue weighted by atomic mass is 19.1. The van der Waals surface area contributed by atoms with Crippen LogP contribution in [0.2, 0.25) is 0 Å². The first-order valence-electron chi connectivity index (χ1n) is 6.25. The summed E-state index contributed by atoms with van der Waals surface area (Å²) in [5.41, 5.74) is -1.04. The molecule has 23 heavy (non-hydrogen) atoms. The van der Waals surface area contributed by atoms with Crippen molar-refractivity contribution in [1.29, 1.82) is 0 Å². The Labute approximate surface area is 129 Å². The van der Waals surface area contributed by atoms with E-state index in [4.69, 9.17) is 5.11 Å². The van der Waals surface area contributed by atoms with Gasteiger partial charge in [0.05, 0.1) is 23.2 Å². The van der Waals surface area contributed by atoms with Crippen molar-refractivity contribution in [2.45, 2.75) is 0 Å². The van der Waals surface area contributed by atoms with Gasteiger partial charge in [-0.25, -0.2) is 14.0 Å². The number of hydrogen-bond acceptors (Lipinski definition) is 5. The molecule has 0 heterocycles. The minimum atomic E-state index is -1.36. The third kappa shape index (κ3) is 3.15. The smallest absolute Gasteiger partial charge is 0.337 e. The lowest BCUT2D eigenvalue weighted by atomic mass is 9.97. The molecular formula is C15H10FNO6. The number of ether oxygens (including phenoxy) is 1. The molecule has 0 amide bonds. The zero-order valence-electron chi connectivity index (χ0n) is 11.8. The van der Waals surface area contributed by atoms with E-state index >= 15 is 0 Å². The number of nitro groups is 1. The van der Waals surface area contributed by atoms with E-state index in [9.17, 15) is 24.1 Å². The van der Waals surface area contributed by atoms with Crippen LogP contribution in [0.15, 0.2) is 36.4 Å². The number of benzene rings is 2. The van der Waals surface area contributed by atoms with E-state index in [0.717, 1.165) is 31.4 Å². The second-order valence-electron chi connectivity index (χ2n) is 4.48. The first-order chi connectivity index (χ1) is 10.8. The molecule has 0 saturated carbocycles. The highest BCUT2D eigenvalue weighted by Gasteiger charge is 2.20. The van der Waals surface area contributed by atoms with Crippen molar-refractivity contribution >= 4 is 17.6 Å². The van der Waals surface area contributed by atoms with Crippen molar-refractivity contribution in [1.82, 2.24) is 0 Å². The van der Waals surface area contributed by atoms with Gasteiger partial charge >= 0.3 is 11.9 Å². The Morgan fingerprint density at radius 3 is 2.39 bits per heavy atom. The number of hydrogen-bond donors (Lipinski definition) is 1. The Bertz CT molecular complexity index is 818. The number of aromatic carboxylic acids is 1. The molecule has 2 aromatic rings. The Balaban J connectivity index is 2.65. The van der Waals surface area contributed by atoms with Crippen LogP contribution in [-0.2, 0) is 4.74 Å². The summed E-state index contributed by atoms with van der Waals surface area (Å²) in [7, 11) is 1.14. The average Bonchev–Trinajstić information content (AvgIpc) is 2.53. The summed E-state index contributed by atoms with van der Waals surface area (Å²) in [6.45, 7) is 0. The zero-order chi connectivity index (χ0) is 17.1. The predicted octanol–water partition coefficient (Wildman–Crippen LogP) is 2.89. The molecule has 0 radical (unpaired) electrons. The first kappa shape index (κ1) is 16.1. The Morgan fingerprint density at radius 2 is 1.87 bits per heavy atom. The van der Waals surface area contributed by atoms with Crippen molar-refractivity contribution < 1.29 is 28.7 Å². The van der Waals surface area contributed by atoms with Gasteiger partial charge in [-0.1, -0.05) is 6.07 Å². The number of halogens is 1. The minimum Gasteiger partial charge on any atom is -0.478 e. The fraction of sp³-hybridized carbons (Fsp3) is 0.0667. The molecule has 0 aliphatic rings. The number of non-ortho nitro benzene ring substituents is 1. The van der Waals surface area contributed by atoms with E-state index in [1.807, 2.05) is 0 Å². The molecule has 0 bridgehead atoms. The SMILES string of the molecule is COC(=O)c1ccc(-c2cc([N+](=O)[O-])ccc2C(=O)O)c(F)c1. The molecule has 118 valence electrons. The molecule has 2 aromatic carbocycles. The van der Waals surface area contributed by atoms with Crippen LogP contribution in [0, 0.1) is 15.9 Å². The van der Waals surface area contributed by atoms with Crippen LogP contribution in [0.1, 0.15) is 20.7 Å². The van der Waals surface area contributed by atoms with E-state index in [1.54, 1.807) is 0 Å². The Hall–Kier alpha value is -3.29. The van der Waals surface area contributed by atoms with Crippen molar-refractivity contribution in [3.05, 3.63) is 63.5 Å². The molecule has 0 aliphatic carbocycles. The van der Waals surface area contributed by atoms with Crippen molar-refractivity contribution in [2.75, 3.05) is 7.11 Å². The number of methoxy groups -OCH3 is 1. The number of nitrogens with zero attached hydrogens (tertiary/aromatic N) is 1. The number of carbonyl (C=O) groups is 2. The van der Waals surface area contributed by atoms with E-state index in [0.29, 0.717) is 0 Å². The van der Waals surface area contributed by atoms with Gasteiger partial charge in [-0.2, -0.15) is 0 Å². The summed E-state index contributed by atoms with van der Waals surface area (Å²) in [5, 5.41) is 20.0. The molecule has 0 aliphatic heterocycles. The van der Waals surface area contributed by atoms with Gasteiger partial charge in [-0.05, 0) is 18.2 Å². The van der Waals surface area contributed by atoms with Gasteiger partial charge in [-0.15, -0.1) is 0 Å². The van der Waals surface area contributed by atoms with Gasteiger partial charge in [0.2, 0.25) is 0 Å². The monoisotopic (exact) mass is 319 g/mol. The van der Waals surface area contributed by atoms with Crippen LogP contribution in [0.25, 0.3) is 11.1 Å². The van der Waals surface area contributed by atoms with E-state index in [-0.39, 0.29) is 27.9 Å². The highest BCUT2D eigenvalue weighted by Crippen LogP contribution is 2.30. The molecule has 2 rings (SSSR count). The molecule has 0 fully saturated rings. The van der Waals surface area contributed by atoms with E-state index < -0.39 is 22.7 Å². The normalized spacial score (nSPS) is 10.2. The lowest BCUT2D eigenvalue weighted by Crippen LogP contribution is -2.04. The fourth-order valence-electron chi connectivity index (χ4n) is 2.03. The maximum Gasteiger partial charge on any atom is 0.337 e. The molecule has 0 aromatic heterocycles. The number of carbonyl (C=O) groups excluding carboxylic acids is 1. The summed E-state index contributed by atoms with van der Waals surface area (Å²) in [5.74, 6) is -3.00. The summed E-state index contributed by atoms with van der Waals surface area (Å²) < 4.78 is 18.7. The van der Waals surface area contributed by atoms with Gasteiger partial charge in [-0.3, -0.25) is 10.1 Å². The summed E-state index contributed by atoms with van der Waals surface area (Å²) in [6.07, 6.45) is 0. The zero-order valence-corrected chi connectivity index (χ0v) is 11.8. The third-order valence-corrected chi connectivity index (χ3v) is 3.12. The predicted molar refractivity (Wildman–Crippen MR) is 76.8 cm³/mol. The van der Waals surface area contributed by atoms with Gasteiger partial charge in [0.15, 0.2) is 0 Å². The van der Waals surface area contributed by atoms with Gasteiger partial charge in [0.25, 0.3) is 5.69 Å². The minimum absolute atomic E-state index is 0.0592. The van der Waals surface area contributed by atoms with Crippen molar-refractivity contribution in [3.8, 4) is 11.1 Å². The number of carboxylic acids is 1. The van der Waals surface area contributed by atoms with Crippen LogP contribution in [0.3, 0.4) is 0 Å². The standard InChI is InChI=1S/C15H10FNO6/c1-23-15(20)8-2-4-10(13(16)6-8)12-7-9(17(21)22)3-5-11(12)14(18)19/h2-7H,1H3,(H,18,19). The number of carboxylic acid groups (broad SMARTS) is 1. The first-order valence-corrected chi connectivity index (χ1v) is 6.25. The topological polar surface area (TPSA) is 107 Å². The van der Waals surface area contributed by atoms with E-state index in [1.165, 1.54) is 12.1 Å². The van der Waals surface area contributed by atoms with E-state index in [2.05, 4.69) is 4.74 Å². The Kier molecular flexibility index (Phi) is 4.35. The summed E-state index contributed by atoms with van der Waals surface area (Å²) in [6, 6.07) is 6.32. The summed E-state index contributed by atoms with van der Waals surface area (Å²) in [4.78, 5) is 32.7. The van der Waals surface area contributed by atoms with Crippen LogP contribution in [0.5, 0.6) is 0 Å². The number of esters is 1. The quantitative estimate of drug-likeness (QED) is 0.527. The van der Waals surface area contributed by atoms with Crippen LogP contribution < -0.4 is 0 Å². The molecule has 8 heteroatoms. The molecule has 1 N–H and O–H groups in total. The average molecular weight is 319 g/mol. The van der Waals surface area contributed by atoms with Gasteiger partial charge in [0, 0.05) is 23.3 Å². The largest absolute Gasteiger partial charge is 0.478 e. The lowest BCUT2D eigenvalue weighted by molar-refractivity contribution is -0.384. The number of rotatable bonds is 4. The molecule has 0 spiro atoms. The molecular weight excluding hydrogens is 309 g/mol. The maximum absolute atomic E-state index is 14.2. The second kappa shape index (κ2) is 6.22. The number of nitro benzene ring substituents is 1. The molecule has 7 nitrogen and oxygen atoms in total. The van der Waals surface area contributed by atoms with Crippen LogP contribution in [-0.4, -0.2) is 29.1 Å². The van der Waals surface area contributed by atoms with Gasteiger partial charge in [0.1, 0.15) is 5.82 Å². The summed E-state index contributed by atoms with van der Waals surface area (Å²) >= 11 is 0. The second-order valence-corrected chi connectivity index (χ2v) is 4.48. The molecule has 0 atom stereocenters. The van der Waals surface area contributed by atoms with Gasteiger partial charge < -0.3 is 9.84 Å². The van der Waals surface area contributed by atoms with Crippen molar-refractivity contribution in [2.24, 2.45) is 0 Å². The van der Waals surface area contributed by atoms with Crippen molar-refractivity contribution in [3.63, 3.8) is 0 Å². The van der Waals surface area contributed by atoms with Crippen LogP contribution in [0.4, 0.5) is 10.1 Å². The fourth-order valence-corrected chi connectivity index (χ4v) is 2.03. The lowest BCUT2D eigenvalue weighted by Gasteiger charge is -2.09. The Morgan fingerprint density at radius 1 is 1.17 bits per heavy atom. The third-order valence-electron chi connectivity index (χ3n) is 3.12.